The van der Waals surface area contributed by atoms with Crippen molar-refractivity contribution in [2.45, 2.75) is 13.0 Å². The number of H-pyrrole nitrogens is 1. The maximum absolute atomic E-state index is 11.8. The molecule has 6 nitrogen and oxygen atoms in total. The van der Waals surface area contributed by atoms with Gasteiger partial charge in [0.1, 0.15) is 12.3 Å². The van der Waals surface area contributed by atoms with Crippen LogP contribution < -0.4 is 5.32 Å². The molecule has 6 heteroatoms. The Labute approximate surface area is 144 Å². The fourth-order valence-corrected chi connectivity index (χ4v) is 2.71. The van der Waals surface area contributed by atoms with Crippen LogP contribution in [-0.4, -0.2) is 28.7 Å². The number of ether oxygens (including phenoxy) is 1. The molecular formula is C19H18N2O4. The summed E-state index contributed by atoms with van der Waals surface area (Å²) in [7, 11) is 0. The number of rotatable bonds is 6. The van der Waals surface area contributed by atoms with Crippen LogP contribution in [0.1, 0.15) is 21.6 Å². The number of hydrogen-bond acceptors (Lipinski definition) is 3. The van der Waals surface area contributed by atoms with Gasteiger partial charge in [-0.1, -0.05) is 48.5 Å². The van der Waals surface area contributed by atoms with Crippen molar-refractivity contribution in [3.8, 4) is 0 Å². The van der Waals surface area contributed by atoms with Gasteiger partial charge in [0.05, 0.1) is 0 Å². The first-order valence-corrected chi connectivity index (χ1v) is 7.92. The Morgan fingerprint density at radius 1 is 1.04 bits per heavy atom. The van der Waals surface area contributed by atoms with Crippen molar-refractivity contribution in [1.29, 1.82) is 0 Å². The van der Waals surface area contributed by atoms with Gasteiger partial charge in [0.25, 0.3) is 0 Å². The predicted molar refractivity (Wildman–Crippen MR) is 93.6 cm³/mol. The van der Waals surface area contributed by atoms with Gasteiger partial charge in [0.2, 0.25) is 0 Å². The second-order valence-corrected chi connectivity index (χ2v) is 5.57. The summed E-state index contributed by atoms with van der Waals surface area (Å²) < 4.78 is 5.14. The molecule has 0 saturated carbocycles. The first kappa shape index (κ1) is 16.6. The van der Waals surface area contributed by atoms with Gasteiger partial charge in [-0.2, -0.15) is 0 Å². The molecule has 128 valence electrons. The number of aromatic carboxylic acids is 1. The maximum Gasteiger partial charge on any atom is 0.407 e. The molecule has 1 heterocycles. The van der Waals surface area contributed by atoms with E-state index < -0.39 is 12.1 Å². The van der Waals surface area contributed by atoms with Crippen LogP contribution in [0.25, 0.3) is 10.9 Å². The summed E-state index contributed by atoms with van der Waals surface area (Å²) in [6, 6.07) is 16.8. The summed E-state index contributed by atoms with van der Waals surface area (Å²) in [6.45, 7) is 0.482. The fourth-order valence-electron chi connectivity index (χ4n) is 2.71. The van der Waals surface area contributed by atoms with Crippen molar-refractivity contribution in [1.82, 2.24) is 10.3 Å². The standard InChI is InChI=1S/C19H18N2O4/c22-18(23)17-15(14-8-4-5-9-16(14)21-17)10-11-20-19(24)25-12-13-6-2-1-3-7-13/h1-9,21H,10-12H2,(H,20,24)(H,22,23). The van der Waals surface area contributed by atoms with Crippen molar-refractivity contribution in [2.75, 3.05) is 6.54 Å². The Kier molecular flexibility index (Phi) is 4.99. The number of carbonyl (C=O) groups is 2. The Morgan fingerprint density at radius 3 is 2.52 bits per heavy atom. The predicted octanol–water partition coefficient (Wildman–Crippen LogP) is 3.34. The second-order valence-electron chi connectivity index (χ2n) is 5.57. The molecule has 0 saturated heterocycles. The normalized spacial score (nSPS) is 10.6. The molecule has 0 radical (unpaired) electrons. The Hall–Kier alpha value is -3.28. The summed E-state index contributed by atoms with van der Waals surface area (Å²) in [5.41, 5.74) is 2.50. The number of nitrogens with one attached hydrogen (secondary N) is 2. The van der Waals surface area contributed by atoms with Crippen LogP contribution in [0.3, 0.4) is 0 Å². The number of aromatic nitrogens is 1. The number of benzene rings is 2. The number of hydrogen-bond donors (Lipinski definition) is 3. The lowest BCUT2D eigenvalue weighted by atomic mass is 10.1. The average Bonchev–Trinajstić information content (AvgIpc) is 3.00. The second kappa shape index (κ2) is 7.53. The molecule has 1 amide bonds. The Morgan fingerprint density at radius 2 is 1.76 bits per heavy atom. The van der Waals surface area contributed by atoms with Gasteiger partial charge in [-0.05, 0) is 23.6 Å². The van der Waals surface area contributed by atoms with Crippen molar-refractivity contribution >= 4 is 23.0 Å². The van der Waals surface area contributed by atoms with Crippen molar-refractivity contribution in [3.05, 3.63) is 71.4 Å². The number of amides is 1. The van der Waals surface area contributed by atoms with Gasteiger partial charge in [0, 0.05) is 17.4 Å². The van der Waals surface area contributed by atoms with Gasteiger partial charge >= 0.3 is 12.1 Å². The third kappa shape index (κ3) is 3.98. The molecule has 0 unspecified atom stereocenters. The van der Waals surface area contributed by atoms with E-state index in [0.29, 0.717) is 12.0 Å². The molecule has 3 N–H and O–H groups in total. The highest BCUT2D eigenvalue weighted by Gasteiger charge is 2.16. The van der Waals surface area contributed by atoms with Crippen LogP contribution in [0, 0.1) is 0 Å². The van der Waals surface area contributed by atoms with E-state index in [-0.39, 0.29) is 18.8 Å². The van der Waals surface area contributed by atoms with Crippen LogP contribution >= 0.6 is 0 Å². The number of alkyl carbamates (subject to hydrolysis) is 1. The molecular weight excluding hydrogens is 320 g/mol. The highest BCUT2D eigenvalue weighted by Crippen LogP contribution is 2.22. The molecule has 0 aliphatic rings. The lowest BCUT2D eigenvalue weighted by molar-refractivity contribution is 0.0690. The number of fused-ring (bicyclic) bond motifs is 1. The molecule has 2 aromatic carbocycles. The van der Waals surface area contributed by atoms with Crippen molar-refractivity contribution in [2.24, 2.45) is 0 Å². The monoisotopic (exact) mass is 338 g/mol. The van der Waals surface area contributed by atoms with E-state index in [2.05, 4.69) is 10.3 Å². The summed E-state index contributed by atoms with van der Waals surface area (Å²) >= 11 is 0. The zero-order valence-electron chi connectivity index (χ0n) is 13.5. The highest BCUT2D eigenvalue weighted by atomic mass is 16.5. The van der Waals surface area contributed by atoms with Crippen LogP contribution in [0.15, 0.2) is 54.6 Å². The molecule has 0 fully saturated rings. The number of aromatic amines is 1. The minimum atomic E-state index is -1.02. The number of carboxylic acids is 1. The number of carbonyl (C=O) groups excluding carboxylic acids is 1. The molecule has 0 aliphatic heterocycles. The Balaban J connectivity index is 1.58. The van der Waals surface area contributed by atoms with Crippen LogP contribution in [0.4, 0.5) is 4.79 Å². The van der Waals surface area contributed by atoms with Crippen LogP contribution in [-0.2, 0) is 17.8 Å². The van der Waals surface area contributed by atoms with Crippen molar-refractivity contribution < 1.29 is 19.4 Å². The smallest absolute Gasteiger partial charge is 0.407 e. The van der Waals surface area contributed by atoms with E-state index in [9.17, 15) is 14.7 Å². The largest absolute Gasteiger partial charge is 0.477 e. The molecule has 3 aromatic rings. The van der Waals surface area contributed by atoms with E-state index in [0.717, 1.165) is 16.5 Å². The summed E-state index contributed by atoms with van der Waals surface area (Å²) in [4.78, 5) is 26.1. The van der Waals surface area contributed by atoms with E-state index in [1.165, 1.54) is 0 Å². The van der Waals surface area contributed by atoms with Crippen LogP contribution in [0.2, 0.25) is 0 Å². The molecule has 25 heavy (non-hydrogen) atoms. The minimum absolute atomic E-state index is 0.153. The molecule has 0 bridgehead atoms. The third-order valence-electron chi connectivity index (χ3n) is 3.88. The topological polar surface area (TPSA) is 91.4 Å². The van der Waals surface area contributed by atoms with Gasteiger partial charge in [0.15, 0.2) is 0 Å². The van der Waals surface area contributed by atoms with Gasteiger partial charge in [-0.15, -0.1) is 0 Å². The summed E-state index contributed by atoms with van der Waals surface area (Å²) in [6.07, 6.45) is -0.132. The highest BCUT2D eigenvalue weighted by molar-refractivity contribution is 5.97. The van der Waals surface area contributed by atoms with Crippen molar-refractivity contribution in [3.63, 3.8) is 0 Å². The van der Waals surface area contributed by atoms with Gasteiger partial charge in [-0.25, -0.2) is 9.59 Å². The molecule has 3 rings (SSSR count). The lowest BCUT2D eigenvalue weighted by Gasteiger charge is -2.07. The van der Waals surface area contributed by atoms with E-state index in [1.807, 2.05) is 54.6 Å². The van der Waals surface area contributed by atoms with E-state index in [4.69, 9.17) is 4.74 Å². The summed E-state index contributed by atoms with van der Waals surface area (Å²) in [5, 5.41) is 12.8. The fraction of sp³-hybridized carbons (Fsp3) is 0.158. The van der Waals surface area contributed by atoms with Crippen LogP contribution in [0.5, 0.6) is 0 Å². The number of para-hydroxylation sites is 1. The van der Waals surface area contributed by atoms with E-state index >= 15 is 0 Å². The average molecular weight is 338 g/mol. The first-order valence-electron chi connectivity index (χ1n) is 7.92. The summed E-state index contributed by atoms with van der Waals surface area (Å²) in [5.74, 6) is -1.02. The number of carboxylic acid groups (broad SMARTS) is 1. The van der Waals surface area contributed by atoms with Gasteiger partial charge < -0.3 is 20.1 Å². The quantitative estimate of drug-likeness (QED) is 0.643. The molecule has 1 aromatic heterocycles. The molecule has 0 aliphatic carbocycles. The first-order chi connectivity index (χ1) is 12.1. The minimum Gasteiger partial charge on any atom is -0.477 e. The molecule has 0 atom stereocenters. The molecule has 0 spiro atoms. The lowest BCUT2D eigenvalue weighted by Crippen LogP contribution is -2.26. The SMILES string of the molecule is O=C(NCCc1c(C(=O)O)[nH]c2ccccc12)OCc1ccccc1. The Bertz CT molecular complexity index is 887. The zero-order chi connectivity index (χ0) is 17.6. The zero-order valence-corrected chi connectivity index (χ0v) is 13.5. The van der Waals surface area contributed by atoms with E-state index in [1.54, 1.807) is 0 Å². The van der Waals surface area contributed by atoms with Gasteiger partial charge in [-0.3, -0.25) is 0 Å². The maximum atomic E-state index is 11.8. The third-order valence-corrected chi connectivity index (χ3v) is 3.88.